The van der Waals surface area contributed by atoms with E-state index in [1.54, 1.807) is 12.4 Å². The van der Waals surface area contributed by atoms with Crippen molar-refractivity contribution in [2.24, 2.45) is 0 Å². The number of rotatable bonds is 4. The Labute approximate surface area is 88.8 Å². The topological polar surface area (TPSA) is 53.6 Å². The van der Waals surface area contributed by atoms with Gasteiger partial charge in [-0.25, -0.2) is 0 Å². The zero-order chi connectivity index (χ0) is 10.5. The summed E-state index contributed by atoms with van der Waals surface area (Å²) in [6, 6.07) is 5.99. The summed E-state index contributed by atoms with van der Waals surface area (Å²) in [7, 11) is 1.94. The summed E-state index contributed by atoms with van der Waals surface area (Å²) >= 11 is 0. The fourth-order valence-electron chi connectivity index (χ4n) is 1.42. The maximum absolute atomic E-state index is 4.26. The third-order valence-electron chi connectivity index (χ3n) is 2.25. The minimum Gasteiger partial charge on any atom is -0.319 e. The van der Waals surface area contributed by atoms with E-state index in [-0.39, 0.29) is 0 Å². The predicted octanol–water partition coefficient (Wildman–Crippen LogP) is 1.23. The van der Waals surface area contributed by atoms with Gasteiger partial charge in [0, 0.05) is 36.6 Å². The minimum absolute atomic E-state index is 0.956. The second-order valence-corrected chi connectivity index (χ2v) is 3.37. The molecule has 0 aromatic carbocycles. The van der Waals surface area contributed by atoms with Crippen LogP contribution in [0.4, 0.5) is 0 Å². The maximum atomic E-state index is 4.26. The minimum atomic E-state index is 0.956. The molecule has 0 saturated carbocycles. The summed E-state index contributed by atoms with van der Waals surface area (Å²) in [6.45, 7) is 0.956. The molecule has 2 N–H and O–H groups in total. The van der Waals surface area contributed by atoms with E-state index in [0.29, 0.717) is 0 Å². The average molecular weight is 202 g/mol. The average Bonchev–Trinajstić information content (AvgIpc) is 2.76. The van der Waals surface area contributed by atoms with Gasteiger partial charge in [0.25, 0.3) is 0 Å². The molecule has 0 fully saturated rings. The number of nitrogens with zero attached hydrogens (tertiary/aromatic N) is 2. The zero-order valence-electron chi connectivity index (χ0n) is 8.70. The van der Waals surface area contributed by atoms with E-state index in [4.69, 9.17) is 0 Å². The van der Waals surface area contributed by atoms with Crippen molar-refractivity contribution < 1.29 is 0 Å². The van der Waals surface area contributed by atoms with Gasteiger partial charge in [-0.05, 0) is 25.2 Å². The molecule has 0 radical (unpaired) electrons. The van der Waals surface area contributed by atoms with Crippen molar-refractivity contribution in [3.8, 4) is 11.3 Å². The molecule has 0 unspecified atom stereocenters. The van der Waals surface area contributed by atoms with Crippen LogP contribution in [0.15, 0.2) is 30.6 Å². The number of hydrogen-bond acceptors (Lipinski definition) is 3. The summed E-state index contributed by atoms with van der Waals surface area (Å²) in [5, 5.41) is 10.4. The SMILES string of the molecule is CNCCc1cc(-c2ccncc2)n[nH]1. The highest BCUT2D eigenvalue weighted by molar-refractivity contribution is 5.58. The van der Waals surface area contributed by atoms with Gasteiger partial charge < -0.3 is 5.32 Å². The molecule has 0 aliphatic heterocycles. The Hall–Kier alpha value is -1.68. The van der Waals surface area contributed by atoms with Crippen LogP contribution in [0.1, 0.15) is 5.69 Å². The van der Waals surface area contributed by atoms with Gasteiger partial charge in [-0.3, -0.25) is 10.1 Å². The van der Waals surface area contributed by atoms with E-state index >= 15 is 0 Å². The Morgan fingerprint density at radius 2 is 2.13 bits per heavy atom. The van der Waals surface area contributed by atoms with Gasteiger partial charge in [-0.1, -0.05) is 0 Å². The van der Waals surface area contributed by atoms with E-state index in [1.807, 2.05) is 19.2 Å². The third kappa shape index (κ3) is 2.41. The molecule has 0 aliphatic carbocycles. The van der Waals surface area contributed by atoms with Gasteiger partial charge in [0.05, 0.1) is 5.69 Å². The third-order valence-corrected chi connectivity index (χ3v) is 2.25. The summed E-state index contributed by atoms with van der Waals surface area (Å²) in [4.78, 5) is 3.98. The lowest BCUT2D eigenvalue weighted by molar-refractivity contribution is 0.772. The molecule has 0 bridgehead atoms. The highest BCUT2D eigenvalue weighted by Crippen LogP contribution is 2.15. The van der Waals surface area contributed by atoms with Crippen LogP contribution in [0.5, 0.6) is 0 Å². The number of H-pyrrole nitrogens is 1. The van der Waals surface area contributed by atoms with Crippen molar-refractivity contribution in [2.75, 3.05) is 13.6 Å². The van der Waals surface area contributed by atoms with Crippen LogP contribution in [-0.4, -0.2) is 28.8 Å². The molecule has 0 atom stereocenters. The molecule has 2 aromatic heterocycles. The summed E-state index contributed by atoms with van der Waals surface area (Å²) in [5.41, 5.74) is 3.22. The number of pyridine rings is 1. The fraction of sp³-hybridized carbons (Fsp3) is 0.273. The van der Waals surface area contributed by atoms with Crippen molar-refractivity contribution >= 4 is 0 Å². The summed E-state index contributed by atoms with van der Waals surface area (Å²) < 4.78 is 0. The second-order valence-electron chi connectivity index (χ2n) is 3.37. The normalized spacial score (nSPS) is 10.5. The lowest BCUT2D eigenvalue weighted by atomic mass is 10.2. The molecule has 0 saturated heterocycles. The van der Waals surface area contributed by atoms with Crippen LogP contribution in [0, 0.1) is 0 Å². The van der Waals surface area contributed by atoms with Crippen molar-refractivity contribution in [3.05, 3.63) is 36.3 Å². The van der Waals surface area contributed by atoms with Crippen LogP contribution in [-0.2, 0) is 6.42 Å². The molecule has 78 valence electrons. The van der Waals surface area contributed by atoms with Gasteiger partial charge >= 0.3 is 0 Å². The lowest BCUT2D eigenvalue weighted by Gasteiger charge is -1.94. The first-order chi connectivity index (χ1) is 7.40. The van der Waals surface area contributed by atoms with E-state index < -0.39 is 0 Å². The van der Waals surface area contributed by atoms with Gasteiger partial charge in [0.2, 0.25) is 0 Å². The smallest absolute Gasteiger partial charge is 0.0924 e. The Morgan fingerprint density at radius 1 is 1.33 bits per heavy atom. The number of hydrogen-bond donors (Lipinski definition) is 2. The van der Waals surface area contributed by atoms with Crippen molar-refractivity contribution in [2.45, 2.75) is 6.42 Å². The molecule has 0 amide bonds. The maximum Gasteiger partial charge on any atom is 0.0924 e. The number of aromatic nitrogens is 3. The van der Waals surface area contributed by atoms with Gasteiger partial charge in [0.1, 0.15) is 0 Å². The Morgan fingerprint density at radius 3 is 2.87 bits per heavy atom. The number of nitrogens with one attached hydrogen (secondary N) is 2. The van der Waals surface area contributed by atoms with Gasteiger partial charge in [-0.2, -0.15) is 5.10 Å². The van der Waals surface area contributed by atoms with E-state index in [1.165, 1.54) is 0 Å². The van der Waals surface area contributed by atoms with E-state index in [2.05, 4.69) is 26.6 Å². The fourth-order valence-corrected chi connectivity index (χ4v) is 1.42. The Kier molecular flexibility index (Phi) is 3.09. The molecular formula is C11H14N4. The van der Waals surface area contributed by atoms with Crippen LogP contribution in [0.25, 0.3) is 11.3 Å². The summed E-state index contributed by atoms with van der Waals surface area (Å²) in [6.07, 6.45) is 4.52. The molecule has 15 heavy (non-hydrogen) atoms. The second kappa shape index (κ2) is 4.70. The van der Waals surface area contributed by atoms with Crippen molar-refractivity contribution in [3.63, 3.8) is 0 Å². The Balaban J connectivity index is 2.14. The highest BCUT2D eigenvalue weighted by atomic mass is 15.1. The number of aromatic amines is 1. The van der Waals surface area contributed by atoms with Crippen LogP contribution in [0.2, 0.25) is 0 Å². The quantitative estimate of drug-likeness (QED) is 0.784. The summed E-state index contributed by atoms with van der Waals surface area (Å²) in [5.74, 6) is 0. The van der Waals surface area contributed by atoms with Crippen LogP contribution in [0.3, 0.4) is 0 Å². The molecule has 4 heteroatoms. The first kappa shape index (κ1) is 9.86. The molecule has 4 nitrogen and oxygen atoms in total. The van der Waals surface area contributed by atoms with Crippen molar-refractivity contribution in [1.82, 2.24) is 20.5 Å². The first-order valence-electron chi connectivity index (χ1n) is 4.99. The molecule has 2 aromatic rings. The number of likely N-dealkylation sites (N-methyl/N-ethyl adjacent to an activating group) is 1. The molecule has 0 aliphatic rings. The van der Waals surface area contributed by atoms with Gasteiger partial charge in [-0.15, -0.1) is 0 Å². The van der Waals surface area contributed by atoms with E-state index in [0.717, 1.165) is 29.9 Å². The largest absolute Gasteiger partial charge is 0.319 e. The lowest BCUT2D eigenvalue weighted by Crippen LogP contribution is -2.10. The van der Waals surface area contributed by atoms with Crippen LogP contribution < -0.4 is 5.32 Å². The molecule has 2 rings (SSSR count). The molecule has 2 heterocycles. The first-order valence-corrected chi connectivity index (χ1v) is 4.99. The Bertz CT molecular complexity index is 408. The molecule has 0 spiro atoms. The van der Waals surface area contributed by atoms with E-state index in [9.17, 15) is 0 Å². The van der Waals surface area contributed by atoms with Crippen LogP contribution >= 0.6 is 0 Å². The highest BCUT2D eigenvalue weighted by Gasteiger charge is 2.02. The molecular weight excluding hydrogens is 188 g/mol. The monoisotopic (exact) mass is 202 g/mol. The van der Waals surface area contributed by atoms with Crippen molar-refractivity contribution in [1.29, 1.82) is 0 Å². The zero-order valence-corrected chi connectivity index (χ0v) is 8.70. The predicted molar refractivity (Wildman–Crippen MR) is 59.4 cm³/mol. The standard InChI is InChI=1S/C11H14N4/c1-12-5-4-10-8-11(15-14-10)9-2-6-13-7-3-9/h2-3,6-8,12H,4-5H2,1H3,(H,14,15). The van der Waals surface area contributed by atoms with Gasteiger partial charge in [0.15, 0.2) is 0 Å².